The quantitative estimate of drug-likeness (QED) is 0.876. The number of nitrogens with one attached hydrogen (secondary N) is 1. The van der Waals surface area contributed by atoms with Gasteiger partial charge in [-0.05, 0) is 38.0 Å². The van der Waals surface area contributed by atoms with Gasteiger partial charge in [-0.3, -0.25) is 4.68 Å². The zero-order valence-electron chi connectivity index (χ0n) is 12.6. The number of aliphatic hydroxyl groups is 1. The Labute approximate surface area is 116 Å². The Bertz CT molecular complexity index is 413. The number of nitrogens with zero attached hydrogens (tertiary/aromatic N) is 2. The van der Waals surface area contributed by atoms with E-state index < -0.39 is 5.60 Å². The highest BCUT2D eigenvalue weighted by Crippen LogP contribution is 2.29. The van der Waals surface area contributed by atoms with Crippen LogP contribution in [0.3, 0.4) is 0 Å². The topological polar surface area (TPSA) is 50.1 Å². The maximum atomic E-state index is 10.5. The van der Waals surface area contributed by atoms with Crippen molar-refractivity contribution in [2.24, 2.45) is 18.9 Å². The average Bonchev–Trinajstić information content (AvgIpc) is 2.78. The molecule has 0 amide bonds. The van der Waals surface area contributed by atoms with Crippen molar-refractivity contribution in [3.8, 4) is 0 Å². The highest BCUT2D eigenvalue weighted by Gasteiger charge is 2.28. The van der Waals surface area contributed by atoms with E-state index in [0.29, 0.717) is 12.6 Å². The van der Waals surface area contributed by atoms with Crippen molar-refractivity contribution in [2.45, 2.75) is 51.7 Å². The van der Waals surface area contributed by atoms with Crippen LogP contribution in [0.15, 0.2) is 12.4 Å². The maximum Gasteiger partial charge on any atom is 0.102 e. The van der Waals surface area contributed by atoms with Gasteiger partial charge in [0.2, 0.25) is 0 Å². The van der Waals surface area contributed by atoms with Crippen LogP contribution in [0.2, 0.25) is 0 Å². The molecule has 1 heterocycles. The van der Waals surface area contributed by atoms with Gasteiger partial charge in [-0.1, -0.05) is 13.8 Å². The van der Waals surface area contributed by atoms with Gasteiger partial charge in [0.05, 0.1) is 6.20 Å². The first-order valence-electron chi connectivity index (χ1n) is 7.33. The van der Waals surface area contributed by atoms with Crippen LogP contribution < -0.4 is 5.32 Å². The fourth-order valence-electron chi connectivity index (χ4n) is 2.88. The predicted octanol–water partition coefficient (Wildman–Crippen LogP) is 2.04. The van der Waals surface area contributed by atoms with Crippen LogP contribution in [0.1, 0.15) is 45.6 Å². The van der Waals surface area contributed by atoms with Gasteiger partial charge < -0.3 is 10.4 Å². The Morgan fingerprint density at radius 1 is 1.42 bits per heavy atom. The number of rotatable bonds is 4. The molecule has 4 heteroatoms. The first kappa shape index (κ1) is 14.5. The molecule has 2 rings (SSSR count). The SMILES string of the molecule is C[C@@H]1CC[C@H](NC[C@@](C)(O)c2cnn(C)c2)C[C@H]1C. The van der Waals surface area contributed by atoms with Crippen LogP contribution in [0, 0.1) is 11.8 Å². The summed E-state index contributed by atoms with van der Waals surface area (Å²) in [5.41, 5.74) is 0.0281. The second kappa shape index (κ2) is 5.63. The highest BCUT2D eigenvalue weighted by atomic mass is 16.3. The molecular formula is C15H27N3O. The Morgan fingerprint density at radius 2 is 2.16 bits per heavy atom. The van der Waals surface area contributed by atoms with Gasteiger partial charge >= 0.3 is 0 Å². The highest BCUT2D eigenvalue weighted by molar-refractivity contribution is 5.14. The van der Waals surface area contributed by atoms with E-state index in [1.54, 1.807) is 10.9 Å². The van der Waals surface area contributed by atoms with E-state index in [9.17, 15) is 5.11 Å². The molecule has 1 aliphatic rings. The summed E-state index contributed by atoms with van der Waals surface area (Å²) >= 11 is 0. The lowest BCUT2D eigenvalue weighted by Gasteiger charge is -2.34. The minimum atomic E-state index is -0.847. The molecule has 0 aliphatic heterocycles. The first-order valence-corrected chi connectivity index (χ1v) is 7.33. The molecule has 0 unspecified atom stereocenters. The molecule has 0 aromatic carbocycles. The summed E-state index contributed by atoms with van der Waals surface area (Å²) in [7, 11) is 1.87. The molecule has 2 N–H and O–H groups in total. The van der Waals surface area contributed by atoms with E-state index in [2.05, 4.69) is 24.3 Å². The van der Waals surface area contributed by atoms with Crippen molar-refractivity contribution in [1.82, 2.24) is 15.1 Å². The molecule has 0 radical (unpaired) electrons. The zero-order chi connectivity index (χ0) is 14.0. The van der Waals surface area contributed by atoms with Crippen molar-refractivity contribution < 1.29 is 5.11 Å². The van der Waals surface area contributed by atoms with Crippen LogP contribution in [-0.4, -0.2) is 27.5 Å². The Morgan fingerprint density at radius 3 is 2.74 bits per heavy atom. The fourth-order valence-corrected chi connectivity index (χ4v) is 2.88. The zero-order valence-corrected chi connectivity index (χ0v) is 12.6. The average molecular weight is 265 g/mol. The largest absolute Gasteiger partial charge is 0.384 e. The van der Waals surface area contributed by atoms with Gasteiger partial charge in [0.25, 0.3) is 0 Å². The number of aromatic nitrogens is 2. The molecule has 1 aromatic rings. The van der Waals surface area contributed by atoms with E-state index in [1.165, 1.54) is 19.3 Å². The maximum absolute atomic E-state index is 10.5. The molecule has 1 fully saturated rings. The van der Waals surface area contributed by atoms with E-state index >= 15 is 0 Å². The summed E-state index contributed by atoms with van der Waals surface area (Å²) in [6, 6.07) is 0.536. The molecule has 0 bridgehead atoms. The third kappa shape index (κ3) is 3.57. The van der Waals surface area contributed by atoms with E-state index in [1.807, 2.05) is 20.2 Å². The number of hydrogen-bond donors (Lipinski definition) is 2. The third-order valence-corrected chi connectivity index (χ3v) is 4.66. The molecule has 1 aliphatic carbocycles. The number of aryl methyl sites for hydroxylation is 1. The van der Waals surface area contributed by atoms with Crippen LogP contribution >= 0.6 is 0 Å². The molecule has 4 atom stereocenters. The van der Waals surface area contributed by atoms with Crippen molar-refractivity contribution >= 4 is 0 Å². The van der Waals surface area contributed by atoms with Crippen LogP contribution in [0.25, 0.3) is 0 Å². The smallest absolute Gasteiger partial charge is 0.102 e. The van der Waals surface area contributed by atoms with Crippen molar-refractivity contribution in [3.63, 3.8) is 0 Å². The lowest BCUT2D eigenvalue weighted by atomic mass is 9.79. The summed E-state index contributed by atoms with van der Waals surface area (Å²) in [6.45, 7) is 7.11. The number of hydrogen-bond acceptors (Lipinski definition) is 3. The second-order valence-electron chi connectivity index (χ2n) is 6.52. The molecule has 4 nitrogen and oxygen atoms in total. The third-order valence-electron chi connectivity index (χ3n) is 4.66. The van der Waals surface area contributed by atoms with Gasteiger partial charge in [-0.25, -0.2) is 0 Å². The summed E-state index contributed by atoms with van der Waals surface area (Å²) < 4.78 is 1.73. The Hall–Kier alpha value is -0.870. The summed E-state index contributed by atoms with van der Waals surface area (Å²) in [5.74, 6) is 1.60. The van der Waals surface area contributed by atoms with Gasteiger partial charge in [0, 0.05) is 31.4 Å². The molecule has 1 aromatic heterocycles. The summed E-state index contributed by atoms with van der Waals surface area (Å²) in [4.78, 5) is 0. The van der Waals surface area contributed by atoms with Gasteiger partial charge in [-0.2, -0.15) is 5.10 Å². The van der Waals surface area contributed by atoms with Gasteiger partial charge in [0.1, 0.15) is 5.60 Å². The lowest BCUT2D eigenvalue weighted by molar-refractivity contribution is 0.0497. The molecule has 108 valence electrons. The predicted molar refractivity (Wildman–Crippen MR) is 76.7 cm³/mol. The Kier molecular flexibility index (Phi) is 4.31. The van der Waals surface area contributed by atoms with Crippen molar-refractivity contribution in [3.05, 3.63) is 18.0 Å². The van der Waals surface area contributed by atoms with Crippen LogP contribution in [-0.2, 0) is 12.6 Å². The summed E-state index contributed by atoms with van der Waals surface area (Å²) in [6.07, 6.45) is 7.34. The minimum Gasteiger partial charge on any atom is -0.384 e. The first-order chi connectivity index (χ1) is 8.88. The molecule has 0 saturated heterocycles. The molecule has 1 saturated carbocycles. The molecule has 19 heavy (non-hydrogen) atoms. The van der Waals surface area contributed by atoms with Crippen molar-refractivity contribution in [1.29, 1.82) is 0 Å². The van der Waals surface area contributed by atoms with Crippen LogP contribution in [0.5, 0.6) is 0 Å². The normalized spacial score (nSPS) is 31.1. The van der Waals surface area contributed by atoms with Gasteiger partial charge in [-0.15, -0.1) is 0 Å². The van der Waals surface area contributed by atoms with E-state index in [0.717, 1.165) is 17.4 Å². The monoisotopic (exact) mass is 265 g/mol. The summed E-state index contributed by atoms with van der Waals surface area (Å²) in [5, 5.41) is 18.2. The standard InChI is InChI=1S/C15H27N3O/c1-11-5-6-14(7-12(11)2)16-10-15(3,19)13-8-17-18(4)9-13/h8-9,11-12,14,16,19H,5-7,10H2,1-4H3/t11-,12-,14+,15-/m1/s1. The second-order valence-corrected chi connectivity index (χ2v) is 6.52. The van der Waals surface area contributed by atoms with Gasteiger partial charge in [0.15, 0.2) is 0 Å². The fraction of sp³-hybridized carbons (Fsp3) is 0.800. The van der Waals surface area contributed by atoms with Crippen molar-refractivity contribution in [2.75, 3.05) is 6.54 Å². The molecule has 0 spiro atoms. The minimum absolute atomic E-state index is 0.536. The van der Waals surface area contributed by atoms with Crippen LogP contribution in [0.4, 0.5) is 0 Å². The lowest BCUT2D eigenvalue weighted by Crippen LogP contribution is -2.43. The van der Waals surface area contributed by atoms with E-state index in [4.69, 9.17) is 0 Å². The molecular weight excluding hydrogens is 238 g/mol. The van der Waals surface area contributed by atoms with E-state index in [-0.39, 0.29) is 0 Å². The Balaban J connectivity index is 1.88.